The average Bonchev–Trinajstić information content (AvgIpc) is 3.30. The third-order valence-electron chi connectivity index (χ3n) is 5.28. The molecule has 0 spiro atoms. The lowest BCUT2D eigenvalue weighted by molar-refractivity contribution is 0.102. The van der Waals surface area contributed by atoms with Crippen molar-refractivity contribution in [3.63, 3.8) is 0 Å². The number of amidine groups is 1. The summed E-state index contributed by atoms with van der Waals surface area (Å²) < 4.78 is 14.7. The molecule has 1 aromatic carbocycles. The number of hydrogen-bond donors (Lipinski definition) is 5. The summed E-state index contributed by atoms with van der Waals surface area (Å²) in [5, 5.41) is 21.2. The second kappa shape index (κ2) is 10.7. The van der Waals surface area contributed by atoms with E-state index >= 15 is 0 Å². The van der Waals surface area contributed by atoms with Crippen molar-refractivity contribution in [1.29, 1.82) is 5.41 Å². The van der Waals surface area contributed by atoms with E-state index in [2.05, 4.69) is 15.8 Å². The maximum atomic E-state index is 14.7. The van der Waals surface area contributed by atoms with Crippen LogP contribution in [0, 0.1) is 11.2 Å². The number of pyridine rings is 1. The molecule has 0 atom stereocenters. The van der Waals surface area contributed by atoms with Gasteiger partial charge in [0, 0.05) is 23.7 Å². The Balaban J connectivity index is 1.91. The highest BCUT2D eigenvalue weighted by Gasteiger charge is 2.22. The zero-order chi connectivity index (χ0) is 23.3. The fraction of sp³-hybridized carbons (Fsp3) is 0.381. The zero-order valence-electron chi connectivity index (χ0n) is 17.9. The van der Waals surface area contributed by atoms with Gasteiger partial charge in [-0.1, -0.05) is 24.6 Å². The molecule has 172 valence electrons. The number of nitrogens with zero attached hydrogens (tertiary/aromatic N) is 2. The molecule has 0 unspecified atom stereocenters. The molecule has 0 radical (unpaired) electrons. The van der Waals surface area contributed by atoms with E-state index in [4.69, 9.17) is 16.1 Å². The summed E-state index contributed by atoms with van der Waals surface area (Å²) in [6, 6.07) is 4.44. The second-order valence-corrected chi connectivity index (χ2v) is 8.55. The highest BCUT2D eigenvalue weighted by Crippen LogP contribution is 2.35. The van der Waals surface area contributed by atoms with E-state index in [1.807, 2.05) is 0 Å². The van der Waals surface area contributed by atoms with Crippen LogP contribution in [-0.4, -0.2) is 40.3 Å². The van der Waals surface area contributed by atoms with Crippen molar-refractivity contribution in [2.24, 2.45) is 5.84 Å². The van der Waals surface area contributed by atoms with E-state index in [-0.39, 0.29) is 23.2 Å². The maximum absolute atomic E-state index is 14.7. The quantitative estimate of drug-likeness (QED) is 0.139. The van der Waals surface area contributed by atoms with Crippen LogP contribution in [0.2, 0.25) is 0 Å². The van der Waals surface area contributed by atoms with Crippen LogP contribution in [0.3, 0.4) is 0 Å². The Kier molecular flexibility index (Phi) is 8.02. The SMILES string of the molecule is CONc1cc(C(=O)Nc2ncc(C3CCCC3)cc2F)c(SC(=N)N(C)N)cc1CO. The number of aliphatic hydroxyl groups is 1. The summed E-state index contributed by atoms with van der Waals surface area (Å²) in [7, 11) is 2.89. The molecule has 32 heavy (non-hydrogen) atoms. The summed E-state index contributed by atoms with van der Waals surface area (Å²) in [6.07, 6.45) is 5.89. The monoisotopic (exact) mass is 462 g/mol. The van der Waals surface area contributed by atoms with Gasteiger partial charge in [0.1, 0.15) is 0 Å². The van der Waals surface area contributed by atoms with Gasteiger partial charge in [0.15, 0.2) is 16.8 Å². The van der Waals surface area contributed by atoms with E-state index in [0.717, 1.165) is 48.0 Å². The van der Waals surface area contributed by atoms with E-state index in [1.165, 1.54) is 26.3 Å². The van der Waals surface area contributed by atoms with Crippen molar-refractivity contribution in [2.45, 2.75) is 43.1 Å². The predicted molar refractivity (Wildman–Crippen MR) is 122 cm³/mol. The Morgan fingerprint density at radius 1 is 1.41 bits per heavy atom. The van der Waals surface area contributed by atoms with Crippen molar-refractivity contribution in [3.05, 3.63) is 46.9 Å². The highest BCUT2D eigenvalue weighted by molar-refractivity contribution is 8.13. The van der Waals surface area contributed by atoms with E-state index in [0.29, 0.717) is 22.1 Å². The van der Waals surface area contributed by atoms with Crippen LogP contribution in [0.4, 0.5) is 15.9 Å². The van der Waals surface area contributed by atoms with Crippen LogP contribution in [0.5, 0.6) is 0 Å². The average molecular weight is 463 g/mol. The molecule has 1 aromatic heterocycles. The van der Waals surface area contributed by atoms with Gasteiger partial charge in [-0.3, -0.25) is 25.5 Å². The smallest absolute Gasteiger partial charge is 0.258 e. The van der Waals surface area contributed by atoms with Crippen molar-refractivity contribution in [3.8, 4) is 0 Å². The van der Waals surface area contributed by atoms with Crippen LogP contribution < -0.4 is 16.6 Å². The lowest BCUT2D eigenvalue weighted by Gasteiger charge is -2.18. The molecule has 2 aromatic rings. The van der Waals surface area contributed by atoms with Gasteiger partial charge in [-0.2, -0.15) is 0 Å². The third kappa shape index (κ3) is 5.54. The van der Waals surface area contributed by atoms with Crippen LogP contribution in [0.25, 0.3) is 0 Å². The number of anilines is 2. The Labute approximate surface area is 190 Å². The molecule has 1 fully saturated rings. The Bertz CT molecular complexity index is 998. The molecule has 11 heteroatoms. The first-order chi connectivity index (χ1) is 15.3. The number of hydrogen-bond acceptors (Lipinski definition) is 8. The van der Waals surface area contributed by atoms with E-state index < -0.39 is 11.7 Å². The second-order valence-electron chi connectivity index (χ2n) is 7.52. The van der Waals surface area contributed by atoms with Crippen LogP contribution in [0.15, 0.2) is 29.3 Å². The summed E-state index contributed by atoms with van der Waals surface area (Å²) in [5.74, 6) is 4.52. The molecular weight excluding hydrogens is 435 g/mol. The molecule has 1 heterocycles. The number of carbonyl (C=O) groups excluding carboxylic acids is 1. The third-order valence-corrected chi connectivity index (χ3v) is 6.32. The number of aromatic nitrogens is 1. The fourth-order valence-electron chi connectivity index (χ4n) is 3.60. The van der Waals surface area contributed by atoms with E-state index in [1.54, 1.807) is 12.3 Å². The van der Waals surface area contributed by atoms with Crippen LogP contribution in [-0.2, 0) is 11.4 Å². The molecule has 6 N–H and O–H groups in total. The fourth-order valence-corrected chi connectivity index (χ4v) is 4.41. The molecular formula is C21H27FN6O3S. The van der Waals surface area contributed by atoms with Crippen molar-refractivity contribution < 1.29 is 19.1 Å². The number of halogens is 1. The summed E-state index contributed by atoms with van der Waals surface area (Å²) >= 11 is 0.927. The number of aliphatic hydroxyl groups excluding tert-OH is 1. The minimum atomic E-state index is -0.622. The minimum Gasteiger partial charge on any atom is -0.392 e. The first-order valence-corrected chi connectivity index (χ1v) is 10.9. The molecule has 0 bridgehead atoms. The minimum absolute atomic E-state index is 0.0272. The molecule has 1 amide bonds. The van der Waals surface area contributed by atoms with Gasteiger partial charge < -0.3 is 10.4 Å². The van der Waals surface area contributed by atoms with Crippen LogP contribution >= 0.6 is 11.8 Å². The number of amides is 1. The summed E-state index contributed by atoms with van der Waals surface area (Å²) in [6.45, 7) is -0.328. The van der Waals surface area contributed by atoms with Gasteiger partial charge in [0.05, 0.1) is 25.0 Å². The maximum Gasteiger partial charge on any atom is 0.258 e. The summed E-state index contributed by atoms with van der Waals surface area (Å²) in [4.78, 5) is 22.5. The Morgan fingerprint density at radius 2 is 2.12 bits per heavy atom. The van der Waals surface area contributed by atoms with E-state index in [9.17, 15) is 14.3 Å². The number of rotatable bonds is 7. The normalized spacial score (nSPS) is 13.8. The highest BCUT2D eigenvalue weighted by atomic mass is 32.2. The zero-order valence-corrected chi connectivity index (χ0v) is 18.8. The molecule has 0 saturated heterocycles. The van der Waals surface area contributed by atoms with Crippen molar-refractivity contribution >= 4 is 34.3 Å². The number of thioether (sulfide) groups is 1. The number of nitrogens with two attached hydrogens (primary N) is 1. The van der Waals surface area contributed by atoms with Crippen molar-refractivity contribution in [1.82, 2.24) is 9.99 Å². The van der Waals surface area contributed by atoms with Crippen molar-refractivity contribution in [2.75, 3.05) is 25.0 Å². The van der Waals surface area contributed by atoms with Gasteiger partial charge in [0.2, 0.25) is 0 Å². The molecule has 3 rings (SSSR count). The van der Waals surface area contributed by atoms with Gasteiger partial charge >= 0.3 is 0 Å². The van der Waals surface area contributed by atoms with Gasteiger partial charge in [-0.05, 0) is 42.5 Å². The van der Waals surface area contributed by atoms with Gasteiger partial charge in [-0.15, -0.1) is 0 Å². The molecule has 1 aliphatic rings. The van der Waals surface area contributed by atoms with Gasteiger partial charge in [-0.25, -0.2) is 15.2 Å². The number of benzene rings is 1. The number of carbonyl (C=O) groups is 1. The number of nitrogens with one attached hydrogen (secondary N) is 3. The first-order valence-electron chi connectivity index (χ1n) is 10.1. The Hall–Kier alpha value is -2.73. The largest absolute Gasteiger partial charge is 0.392 e. The standard InChI is InChI=1S/C21H27FN6O3S/c1-28(24)21(23)32-18-8-14(11-29)17(27-31-2)9-15(18)20(30)26-19-16(22)7-13(10-25-19)12-5-3-4-6-12/h7-10,12,23,27,29H,3-6,11,24H2,1-2H3,(H,25,26,30). The predicted octanol–water partition coefficient (Wildman–Crippen LogP) is 3.43. The lowest BCUT2D eigenvalue weighted by Crippen LogP contribution is -2.30. The number of hydrazine groups is 1. The lowest BCUT2D eigenvalue weighted by atomic mass is 9.99. The topological polar surface area (TPSA) is 137 Å². The molecule has 1 saturated carbocycles. The summed E-state index contributed by atoms with van der Waals surface area (Å²) in [5.41, 5.74) is 4.40. The molecule has 0 aliphatic heterocycles. The molecule has 9 nitrogen and oxygen atoms in total. The first kappa shape index (κ1) is 23.9. The van der Waals surface area contributed by atoms with Crippen LogP contribution in [0.1, 0.15) is 53.1 Å². The Morgan fingerprint density at radius 3 is 2.72 bits per heavy atom. The molecule has 1 aliphatic carbocycles. The van der Waals surface area contributed by atoms with Gasteiger partial charge in [0.25, 0.3) is 5.91 Å².